The number of aromatic nitrogens is 3. The molecule has 0 fully saturated rings. The highest BCUT2D eigenvalue weighted by atomic mass is 14.9. The molecule has 2 rings (SSSR count). The summed E-state index contributed by atoms with van der Waals surface area (Å²) in [5, 5.41) is 0. The van der Waals surface area contributed by atoms with Crippen LogP contribution < -0.4 is 5.73 Å². The molecule has 0 unspecified atom stereocenters. The Hall–Kier alpha value is -1.84. The van der Waals surface area contributed by atoms with Gasteiger partial charge >= 0.3 is 0 Å². The van der Waals surface area contributed by atoms with E-state index in [2.05, 4.69) is 15.0 Å². The Labute approximate surface area is 82.2 Å². The monoisotopic (exact) mass is 188 g/mol. The number of aryl methyl sites for hydroxylation is 2. The first-order valence-corrected chi connectivity index (χ1v) is 4.42. The maximum absolute atomic E-state index is 5.50. The summed E-state index contributed by atoms with van der Waals surface area (Å²) in [4.78, 5) is 11.6. The summed E-state index contributed by atoms with van der Waals surface area (Å²) in [6.45, 7) is 3.97. The maximum atomic E-state index is 5.50. The minimum absolute atomic E-state index is 0.522. The minimum Gasteiger partial charge on any atom is -0.384 e. The predicted octanol–water partition coefficient (Wildman–Crippen LogP) is 1.67. The highest BCUT2D eigenvalue weighted by molar-refractivity contribution is 5.56. The van der Waals surface area contributed by atoms with E-state index in [0.717, 1.165) is 22.8 Å². The third-order valence-corrected chi connectivity index (χ3v) is 2.19. The Balaban J connectivity index is 2.44. The number of hydrogen-bond donors (Lipinski definition) is 2. The zero-order valence-corrected chi connectivity index (χ0v) is 8.20. The molecule has 0 saturated heterocycles. The number of imidazole rings is 1. The number of nitrogens with one attached hydrogen (secondary N) is 1. The molecule has 0 spiro atoms. The van der Waals surface area contributed by atoms with E-state index in [9.17, 15) is 0 Å². The van der Waals surface area contributed by atoms with Crippen molar-refractivity contribution < 1.29 is 0 Å². The number of aromatic amines is 1. The summed E-state index contributed by atoms with van der Waals surface area (Å²) in [5.41, 5.74) is 8.54. The molecule has 0 amide bonds. The molecular formula is C10H12N4. The standard InChI is InChI=1S/C10H12N4/c1-6-7(2)14-10(13-6)8-3-4-9(11)12-5-8/h3-5H,1-2H3,(H2,11,12)(H,13,14). The van der Waals surface area contributed by atoms with Crippen LogP contribution in [0.3, 0.4) is 0 Å². The molecule has 72 valence electrons. The molecule has 2 aromatic rings. The number of anilines is 1. The smallest absolute Gasteiger partial charge is 0.139 e. The molecule has 0 saturated carbocycles. The second-order valence-electron chi connectivity index (χ2n) is 3.27. The van der Waals surface area contributed by atoms with Gasteiger partial charge in [-0.2, -0.15) is 0 Å². The molecule has 2 heterocycles. The number of nitrogens with two attached hydrogens (primary N) is 1. The van der Waals surface area contributed by atoms with E-state index in [1.807, 2.05) is 19.9 Å². The van der Waals surface area contributed by atoms with E-state index in [4.69, 9.17) is 5.73 Å². The van der Waals surface area contributed by atoms with Crippen LogP contribution in [0.25, 0.3) is 11.4 Å². The van der Waals surface area contributed by atoms with Crippen LogP contribution >= 0.6 is 0 Å². The lowest BCUT2D eigenvalue weighted by Crippen LogP contribution is -1.89. The Bertz CT molecular complexity index is 422. The second kappa shape index (κ2) is 3.14. The zero-order valence-electron chi connectivity index (χ0n) is 8.20. The van der Waals surface area contributed by atoms with Gasteiger partial charge in [-0.1, -0.05) is 0 Å². The van der Waals surface area contributed by atoms with Gasteiger partial charge in [0.2, 0.25) is 0 Å². The van der Waals surface area contributed by atoms with Gasteiger partial charge in [0.25, 0.3) is 0 Å². The summed E-state index contributed by atoms with van der Waals surface area (Å²) >= 11 is 0. The number of nitrogen functional groups attached to an aromatic ring is 1. The molecule has 4 nitrogen and oxygen atoms in total. The van der Waals surface area contributed by atoms with Gasteiger partial charge < -0.3 is 10.7 Å². The van der Waals surface area contributed by atoms with Crippen molar-refractivity contribution in [3.05, 3.63) is 29.7 Å². The van der Waals surface area contributed by atoms with Crippen molar-refractivity contribution >= 4 is 5.82 Å². The molecule has 0 aromatic carbocycles. The number of H-pyrrole nitrogens is 1. The van der Waals surface area contributed by atoms with Crippen molar-refractivity contribution in [1.29, 1.82) is 0 Å². The van der Waals surface area contributed by atoms with Crippen LogP contribution in [0, 0.1) is 13.8 Å². The van der Waals surface area contributed by atoms with Gasteiger partial charge in [-0.3, -0.25) is 0 Å². The predicted molar refractivity (Wildman–Crippen MR) is 55.7 cm³/mol. The number of hydrogen-bond acceptors (Lipinski definition) is 3. The highest BCUT2D eigenvalue weighted by Crippen LogP contribution is 2.16. The van der Waals surface area contributed by atoms with Crippen molar-refractivity contribution in [3.8, 4) is 11.4 Å². The molecule has 2 aromatic heterocycles. The van der Waals surface area contributed by atoms with Crippen LogP contribution in [0.2, 0.25) is 0 Å². The number of nitrogens with zero attached hydrogens (tertiary/aromatic N) is 2. The molecule has 4 heteroatoms. The fourth-order valence-corrected chi connectivity index (χ4v) is 1.23. The summed E-state index contributed by atoms with van der Waals surface area (Å²) in [7, 11) is 0. The summed E-state index contributed by atoms with van der Waals surface area (Å²) < 4.78 is 0. The molecule has 14 heavy (non-hydrogen) atoms. The van der Waals surface area contributed by atoms with Crippen LogP contribution in [-0.4, -0.2) is 15.0 Å². The molecule has 0 atom stereocenters. The van der Waals surface area contributed by atoms with Gasteiger partial charge in [0.15, 0.2) is 0 Å². The van der Waals surface area contributed by atoms with E-state index in [-0.39, 0.29) is 0 Å². The van der Waals surface area contributed by atoms with E-state index in [1.165, 1.54) is 0 Å². The van der Waals surface area contributed by atoms with E-state index >= 15 is 0 Å². The molecule has 0 aliphatic carbocycles. The van der Waals surface area contributed by atoms with E-state index < -0.39 is 0 Å². The lowest BCUT2D eigenvalue weighted by Gasteiger charge is -1.95. The third-order valence-electron chi connectivity index (χ3n) is 2.19. The first kappa shape index (κ1) is 8.74. The van der Waals surface area contributed by atoms with Gasteiger partial charge in [0, 0.05) is 17.5 Å². The average Bonchev–Trinajstić information content (AvgIpc) is 2.48. The Morgan fingerprint density at radius 2 is 2.07 bits per heavy atom. The van der Waals surface area contributed by atoms with Crippen molar-refractivity contribution in [2.24, 2.45) is 0 Å². The van der Waals surface area contributed by atoms with Gasteiger partial charge in [-0.15, -0.1) is 0 Å². The topological polar surface area (TPSA) is 67.6 Å². The Morgan fingerprint density at radius 1 is 1.29 bits per heavy atom. The summed E-state index contributed by atoms with van der Waals surface area (Å²) in [6, 6.07) is 3.67. The largest absolute Gasteiger partial charge is 0.384 e. The van der Waals surface area contributed by atoms with Crippen molar-refractivity contribution in [2.75, 3.05) is 5.73 Å². The summed E-state index contributed by atoms with van der Waals surface area (Å²) in [5.74, 6) is 1.36. The van der Waals surface area contributed by atoms with E-state index in [0.29, 0.717) is 5.82 Å². The SMILES string of the molecule is Cc1nc(-c2ccc(N)nc2)[nH]c1C. The number of rotatable bonds is 1. The van der Waals surface area contributed by atoms with E-state index in [1.54, 1.807) is 12.3 Å². The molecule has 3 N–H and O–H groups in total. The first-order valence-electron chi connectivity index (χ1n) is 4.42. The fourth-order valence-electron chi connectivity index (χ4n) is 1.23. The number of pyridine rings is 1. The molecule has 0 aliphatic rings. The molecule has 0 aliphatic heterocycles. The van der Waals surface area contributed by atoms with Crippen molar-refractivity contribution in [1.82, 2.24) is 15.0 Å². The summed E-state index contributed by atoms with van der Waals surface area (Å²) in [6.07, 6.45) is 1.72. The third kappa shape index (κ3) is 1.46. The average molecular weight is 188 g/mol. The lowest BCUT2D eigenvalue weighted by molar-refractivity contribution is 1.22. The highest BCUT2D eigenvalue weighted by Gasteiger charge is 2.04. The van der Waals surface area contributed by atoms with Gasteiger partial charge in [-0.05, 0) is 26.0 Å². The molecule has 0 bridgehead atoms. The zero-order chi connectivity index (χ0) is 10.1. The van der Waals surface area contributed by atoms with Gasteiger partial charge in [-0.25, -0.2) is 9.97 Å². The Morgan fingerprint density at radius 3 is 2.57 bits per heavy atom. The lowest BCUT2D eigenvalue weighted by atomic mass is 10.3. The van der Waals surface area contributed by atoms with Crippen molar-refractivity contribution in [2.45, 2.75) is 13.8 Å². The van der Waals surface area contributed by atoms with Crippen LogP contribution in [0.15, 0.2) is 18.3 Å². The first-order chi connectivity index (χ1) is 6.66. The molecule has 0 radical (unpaired) electrons. The van der Waals surface area contributed by atoms with Gasteiger partial charge in [0.1, 0.15) is 11.6 Å². The minimum atomic E-state index is 0.522. The normalized spacial score (nSPS) is 10.4. The van der Waals surface area contributed by atoms with Crippen LogP contribution in [0.5, 0.6) is 0 Å². The van der Waals surface area contributed by atoms with Crippen LogP contribution in [0.1, 0.15) is 11.4 Å². The Kier molecular flexibility index (Phi) is 1.96. The quantitative estimate of drug-likeness (QED) is 0.715. The van der Waals surface area contributed by atoms with Gasteiger partial charge in [0.05, 0.1) is 5.69 Å². The maximum Gasteiger partial charge on any atom is 0.139 e. The van der Waals surface area contributed by atoms with Crippen molar-refractivity contribution in [3.63, 3.8) is 0 Å². The fraction of sp³-hybridized carbons (Fsp3) is 0.200. The van der Waals surface area contributed by atoms with Crippen LogP contribution in [0.4, 0.5) is 5.82 Å². The second-order valence-corrected chi connectivity index (χ2v) is 3.27. The molecular weight excluding hydrogens is 176 g/mol. The van der Waals surface area contributed by atoms with Crippen LogP contribution in [-0.2, 0) is 0 Å².